The highest BCUT2D eigenvalue weighted by Gasteiger charge is 2.29. The number of hydrogen-bond acceptors (Lipinski definition) is 13. The fraction of sp³-hybridized carbons (Fsp3) is 0.352. The third-order valence-electron chi connectivity index (χ3n) is 13.8. The number of carbonyl (C=O) groups is 1. The van der Waals surface area contributed by atoms with Crippen LogP contribution in [0.5, 0.6) is 0 Å². The van der Waals surface area contributed by atoms with E-state index in [9.17, 15) is 31.7 Å². The van der Waals surface area contributed by atoms with Crippen LogP contribution in [0.2, 0.25) is 5.02 Å². The summed E-state index contributed by atoms with van der Waals surface area (Å²) in [7, 11) is -1.52. The first-order valence-corrected chi connectivity index (χ1v) is 29.6. The largest absolute Gasteiger partial charge is 0.376 e. The fourth-order valence-electron chi connectivity index (χ4n) is 9.54. The molecule has 5 aromatic carbocycles. The number of nitrogens with zero attached hydrogens (tertiary/aromatic N) is 7. The minimum absolute atomic E-state index is 0.122. The molecule has 1 amide bonds. The highest BCUT2D eigenvalue weighted by Crippen LogP contribution is 2.41. The van der Waals surface area contributed by atoms with Crippen LogP contribution in [0.25, 0.3) is 22.4 Å². The van der Waals surface area contributed by atoms with Crippen LogP contribution in [0, 0.1) is 17.0 Å². The molecule has 1 atom stereocenters. The molecule has 2 fully saturated rings. The van der Waals surface area contributed by atoms with E-state index in [0.717, 1.165) is 63.4 Å². The van der Waals surface area contributed by atoms with Gasteiger partial charge in [-0.25, -0.2) is 16.8 Å². The molecule has 2 aliphatic rings. The number of nitro groups is 1. The maximum atomic E-state index is 14.3. The zero-order chi connectivity index (χ0) is 53.4. The summed E-state index contributed by atoms with van der Waals surface area (Å²) in [4.78, 5) is 35.7. The zero-order valence-electron chi connectivity index (χ0n) is 42.9. The fourth-order valence-corrected chi connectivity index (χ4v) is 12.6. The van der Waals surface area contributed by atoms with Gasteiger partial charge in [-0.05, 0) is 118 Å². The van der Waals surface area contributed by atoms with Gasteiger partial charge in [-0.1, -0.05) is 54.1 Å². The summed E-state index contributed by atoms with van der Waals surface area (Å²) in [6, 6.07) is 36.8. The number of hydrogen-bond donors (Lipinski definition) is 3. The molecule has 2 aliphatic heterocycles. The number of halogens is 1. The Kier molecular flexibility index (Phi) is 17.8. The summed E-state index contributed by atoms with van der Waals surface area (Å²) in [5.74, 6) is 0.467. The lowest BCUT2D eigenvalue weighted by molar-refractivity contribution is -0.384. The second-order valence-corrected chi connectivity index (χ2v) is 24.4. The van der Waals surface area contributed by atoms with Gasteiger partial charge in [0, 0.05) is 129 Å². The number of carbonyl (C=O) groups excluding carboxylic acids is 1. The van der Waals surface area contributed by atoms with E-state index < -0.39 is 25.0 Å². The van der Waals surface area contributed by atoms with Crippen molar-refractivity contribution in [3.8, 4) is 22.4 Å². The Labute approximate surface area is 450 Å². The maximum absolute atomic E-state index is 14.3. The van der Waals surface area contributed by atoms with Crippen molar-refractivity contribution in [3.05, 3.63) is 148 Å². The molecule has 0 bridgehead atoms. The number of piperazine rings is 2. The second kappa shape index (κ2) is 24.3. The number of amides is 1. The summed E-state index contributed by atoms with van der Waals surface area (Å²) in [6.07, 6.45) is 1.95. The van der Waals surface area contributed by atoms with Crippen LogP contribution in [0.3, 0.4) is 0 Å². The predicted octanol–water partition coefficient (Wildman–Crippen LogP) is 8.19. The maximum Gasteiger partial charge on any atom is 0.293 e. The molecule has 21 heteroatoms. The average molecular weight is 1100 g/mol. The van der Waals surface area contributed by atoms with Crippen molar-refractivity contribution in [2.75, 3.05) is 118 Å². The predicted molar refractivity (Wildman–Crippen MR) is 304 cm³/mol. The van der Waals surface area contributed by atoms with Gasteiger partial charge >= 0.3 is 0 Å². The van der Waals surface area contributed by atoms with Crippen LogP contribution in [0.1, 0.15) is 22.5 Å². The number of nitro benzene ring substituents is 1. The topological polar surface area (TPSA) is 186 Å². The van der Waals surface area contributed by atoms with Crippen LogP contribution in [0.4, 0.5) is 28.4 Å². The molecule has 0 saturated carbocycles. The standard InChI is InChI=1S/C54H65ClN10O7S3/c1-39-51(54(66)56-25-27-61-28-34-64(35-29-61)74(5,69)70)52(53(60(39)4)40-14-16-42(55)17-15-40)41-10-9-11-46(36-41)63-32-30-62(31-33-63)45-20-18-43(19-21-45)58-75(71,72)48-22-23-49(50(37-48)65(67)68)57-44(24-26-59(2)3)38-73-47-12-7-6-8-13-47/h6-23,36-37,44,57-58H,24-35,38H2,1-5H3,(H,56,66)/t44-/m1/s1. The van der Waals surface area contributed by atoms with Crippen LogP contribution in [-0.4, -0.2) is 150 Å². The lowest BCUT2D eigenvalue weighted by atomic mass is 9.95. The lowest BCUT2D eigenvalue weighted by Crippen LogP contribution is -2.49. The van der Waals surface area contributed by atoms with Gasteiger partial charge < -0.3 is 29.9 Å². The molecule has 0 unspecified atom stereocenters. The molecule has 75 heavy (non-hydrogen) atoms. The van der Waals surface area contributed by atoms with Crippen molar-refractivity contribution >= 4 is 77.8 Å². The van der Waals surface area contributed by atoms with Gasteiger partial charge in [0.1, 0.15) is 5.69 Å². The molecular weight excluding hydrogens is 1030 g/mol. The van der Waals surface area contributed by atoms with E-state index in [2.05, 4.69) is 51.7 Å². The minimum atomic E-state index is -4.19. The molecule has 398 valence electrons. The van der Waals surface area contributed by atoms with Crippen molar-refractivity contribution in [1.29, 1.82) is 0 Å². The van der Waals surface area contributed by atoms with Gasteiger partial charge in [0.05, 0.1) is 27.3 Å². The molecule has 0 aliphatic carbocycles. The molecule has 3 N–H and O–H groups in total. The Hall–Kier alpha value is -6.13. The van der Waals surface area contributed by atoms with Crippen LogP contribution < -0.4 is 25.2 Å². The Morgan fingerprint density at radius 2 is 1.47 bits per heavy atom. The summed E-state index contributed by atoms with van der Waals surface area (Å²) in [6.45, 7) is 8.53. The number of sulfonamides is 2. The molecular formula is C54H65ClN10O7S3. The molecule has 6 aromatic rings. The third-order valence-corrected chi connectivity index (χ3v) is 17.9. The minimum Gasteiger partial charge on any atom is -0.376 e. The van der Waals surface area contributed by atoms with E-state index in [1.807, 2.05) is 107 Å². The Morgan fingerprint density at radius 3 is 2.11 bits per heavy atom. The first-order chi connectivity index (χ1) is 35.8. The molecule has 3 heterocycles. The van der Waals surface area contributed by atoms with Crippen LogP contribution >= 0.6 is 23.4 Å². The molecule has 0 spiro atoms. The SMILES string of the molecule is Cc1c(C(=O)NCCN2CCN(S(C)(=O)=O)CC2)c(-c2cccc(N3CCN(c4ccc(NS(=O)(=O)c5ccc(N[C@H](CCN(C)C)CSc6ccccc6)c([N+](=O)[O-])c5)cc4)CC3)c2)c(-c2ccc(Cl)cc2)n1C. The van der Waals surface area contributed by atoms with Gasteiger partial charge in [0.2, 0.25) is 10.0 Å². The molecule has 17 nitrogen and oxygen atoms in total. The van der Waals surface area contributed by atoms with Gasteiger partial charge in [0.15, 0.2) is 0 Å². The number of rotatable bonds is 21. The summed E-state index contributed by atoms with van der Waals surface area (Å²) in [5.41, 5.74) is 7.10. The highest BCUT2D eigenvalue weighted by molar-refractivity contribution is 7.99. The third kappa shape index (κ3) is 13.8. The van der Waals surface area contributed by atoms with Crippen molar-refractivity contribution in [3.63, 3.8) is 0 Å². The number of benzene rings is 5. The van der Waals surface area contributed by atoms with E-state index in [-0.39, 0.29) is 28.2 Å². The molecule has 1 aromatic heterocycles. The van der Waals surface area contributed by atoms with Crippen LogP contribution in [0.15, 0.2) is 131 Å². The molecule has 8 rings (SSSR count). The van der Waals surface area contributed by atoms with Crippen LogP contribution in [-0.2, 0) is 27.1 Å². The van der Waals surface area contributed by atoms with Crippen molar-refractivity contribution < 1.29 is 26.6 Å². The smallest absolute Gasteiger partial charge is 0.293 e. The number of thioether (sulfide) groups is 1. The van der Waals surface area contributed by atoms with Crippen molar-refractivity contribution in [1.82, 2.24) is 24.0 Å². The van der Waals surface area contributed by atoms with E-state index in [1.54, 1.807) is 23.9 Å². The highest BCUT2D eigenvalue weighted by atomic mass is 35.5. The number of anilines is 4. The summed E-state index contributed by atoms with van der Waals surface area (Å²) >= 11 is 7.99. The average Bonchev–Trinajstić information content (AvgIpc) is 3.66. The summed E-state index contributed by atoms with van der Waals surface area (Å²) < 4.78 is 57.6. The van der Waals surface area contributed by atoms with Crippen molar-refractivity contribution in [2.24, 2.45) is 7.05 Å². The van der Waals surface area contributed by atoms with E-state index in [4.69, 9.17) is 11.6 Å². The summed E-state index contributed by atoms with van der Waals surface area (Å²) in [5, 5.41) is 19.5. The molecule has 2 saturated heterocycles. The first kappa shape index (κ1) is 55.1. The number of nitrogens with one attached hydrogen (secondary N) is 3. The van der Waals surface area contributed by atoms with Gasteiger partial charge in [-0.15, -0.1) is 11.8 Å². The Bertz CT molecular complexity index is 3180. The monoisotopic (exact) mass is 1100 g/mol. The zero-order valence-corrected chi connectivity index (χ0v) is 46.1. The van der Waals surface area contributed by atoms with E-state index in [1.165, 1.54) is 22.7 Å². The molecule has 0 radical (unpaired) electrons. The lowest BCUT2D eigenvalue weighted by Gasteiger charge is -2.37. The first-order valence-electron chi connectivity index (χ1n) is 24.9. The number of aromatic nitrogens is 1. The van der Waals surface area contributed by atoms with Crippen molar-refractivity contribution in [2.45, 2.75) is 29.2 Å². The second-order valence-electron chi connectivity index (χ2n) is 19.2. The van der Waals surface area contributed by atoms with E-state index in [0.29, 0.717) is 87.5 Å². The van der Waals surface area contributed by atoms with Gasteiger partial charge in [-0.3, -0.25) is 24.5 Å². The normalized spacial score (nSPS) is 15.2. The Balaban J connectivity index is 0.922. The van der Waals surface area contributed by atoms with Gasteiger partial charge in [-0.2, -0.15) is 4.31 Å². The van der Waals surface area contributed by atoms with E-state index >= 15 is 0 Å². The quantitative estimate of drug-likeness (QED) is 0.0356. The Morgan fingerprint density at radius 1 is 0.800 bits per heavy atom. The van der Waals surface area contributed by atoms with Gasteiger partial charge in [0.25, 0.3) is 21.6 Å².